The second kappa shape index (κ2) is 3.99. The molecule has 4 heteroatoms. The van der Waals surface area contributed by atoms with Crippen molar-refractivity contribution < 1.29 is 4.42 Å². The van der Waals surface area contributed by atoms with Crippen molar-refractivity contribution >= 4 is 11.2 Å². The second-order valence-corrected chi connectivity index (χ2v) is 3.75. The molecule has 0 radical (unpaired) electrons. The van der Waals surface area contributed by atoms with Gasteiger partial charge in [-0.1, -0.05) is 18.2 Å². The summed E-state index contributed by atoms with van der Waals surface area (Å²) in [6, 6.07) is 11.6. The third-order valence-electron chi connectivity index (χ3n) is 2.56. The quantitative estimate of drug-likeness (QED) is 0.727. The van der Waals surface area contributed by atoms with Crippen LogP contribution in [0.3, 0.4) is 0 Å². The largest absolute Gasteiger partial charge is 0.434 e. The predicted octanol–water partition coefficient (Wildman–Crippen LogP) is 2.35. The number of nitrogens with two attached hydrogens (primary N) is 1. The molecule has 0 unspecified atom stereocenters. The Morgan fingerprint density at radius 2 is 2.00 bits per heavy atom. The second-order valence-electron chi connectivity index (χ2n) is 3.75. The highest BCUT2D eigenvalue weighted by Gasteiger charge is 2.08. The summed E-state index contributed by atoms with van der Waals surface area (Å²) in [6.07, 6.45) is 1.72. The van der Waals surface area contributed by atoms with Crippen LogP contribution in [0.4, 0.5) is 0 Å². The Balaban J connectivity index is 2.14. The highest BCUT2D eigenvalue weighted by Crippen LogP contribution is 2.23. The van der Waals surface area contributed by atoms with Crippen LogP contribution in [0.15, 0.2) is 47.0 Å². The lowest BCUT2D eigenvalue weighted by molar-refractivity contribution is 0.619. The summed E-state index contributed by atoms with van der Waals surface area (Å²) >= 11 is 0. The van der Waals surface area contributed by atoms with E-state index < -0.39 is 0 Å². The zero-order chi connectivity index (χ0) is 11.7. The zero-order valence-electron chi connectivity index (χ0n) is 9.13. The van der Waals surface area contributed by atoms with Crippen LogP contribution < -0.4 is 5.73 Å². The molecule has 0 bridgehead atoms. The highest BCUT2D eigenvalue weighted by molar-refractivity contribution is 5.72. The van der Waals surface area contributed by atoms with E-state index in [0.29, 0.717) is 23.7 Å². The number of fused-ring (bicyclic) bond motifs is 1. The first kappa shape index (κ1) is 9.99. The van der Waals surface area contributed by atoms with Crippen LogP contribution in [0, 0.1) is 0 Å². The van der Waals surface area contributed by atoms with Gasteiger partial charge < -0.3 is 10.2 Å². The molecule has 17 heavy (non-hydrogen) atoms. The molecule has 4 nitrogen and oxygen atoms in total. The normalized spacial score (nSPS) is 10.9. The lowest BCUT2D eigenvalue weighted by Crippen LogP contribution is -1.96. The number of hydrogen-bond donors (Lipinski definition) is 1. The van der Waals surface area contributed by atoms with Crippen molar-refractivity contribution in [3.05, 3.63) is 48.2 Å². The molecule has 2 N–H and O–H groups in total. The third-order valence-corrected chi connectivity index (χ3v) is 2.56. The van der Waals surface area contributed by atoms with Gasteiger partial charge in [0.15, 0.2) is 11.2 Å². The maximum atomic E-state index is 5.67. The Bertz CT molecular complexity index is 646. The van der Waals surface area contributed by atoms with E-state index in [4.69, 9.17) is 10.2 Å². The first-order chi connectivity index (χ1) is 8.36. The minimum Gasteiger partial charge on any atom is -0.434 e. The monoisotopic (exact) mass is 225 g/mol. The Labute approximate surface area is 98.1 Å². The number of aromatic nitrogens is 2. The van der Waals surface area contributed by atoms with Crippen LogP contribution in [-0.4, -0.2) is 9.97 Å². The Kier molecular flexibility index (Phi) is 2.34. The molecule has 2 heterocycles. The Hall–Kier alpha value is -2.20. The van der Waals surface area contributed by atoms with E-state index in [0.717, 1.165) is 11.1 Å². The molecule has 0 fully saturated rings. The van der Waals surface area contributed by atoms with Gasteiger partial charge in [0, 0.05) is 18.3 Å². The van der Waals surface area contributed by atoms with Crippen LogP contribution in [-0.2, 0) is 6.54 Å². The van der Waals surface area contributed by atoms with Crippen LogP contribution in [0.5, 0.6) is 0 Å². The molecule has 0 aliphatic heterocycles. The first-order valence-corrected chi connectivity index (χ1v) is 5.38. The number of oxazole rings is 1. The van der Waals surface area contributed by atoms with Crippen molar-refractivity contribution in [3.8, 4) is 11.5 Å². The fourth-order valence-electron chi connectivity index (χ4n) is 1.68. The Morgan fingerprint density at radius 3 is 2.76 bits per heavy atom. The van der Waals surface area contributed by atoms with E-state index in [1.165, 1.54) is 0 Å². The lowest BCUT2D eigenvalue weighted by Gasteiger charge is -1.92. The molecular weight excluding hydrogens is 214 g/mol. The van der Waals surface area contributed by atoms with E-state index in [1.807, 2.05) is 36.4 Å². The summed E-state index contributed by atoms with van der Waals surface area (Å²) in [4.78, 5) is 8.55. The van der Waals surface area contributed by atoms with Crippen molar-refractivity contribution in [3.63, 3.8) is 0 Å². The van der Waals surface area contributed by atoms with Gasteiger partial charge in [0.2, 0.25) is 5.89 Å². The number of benzene rings is 1. The molecule has 0 aliphatic rings. The fourth-order valence-corrected chi connectivity index (χ4v) is 1.68. The predicted molar refractivity (Wildman–Crippen MR) is 65.1 cm³/mol. The van der Waals surface area contributed by atoms with Crippen LogP contribution >= 0.6 is 0 Å². The molecule has 0 saturated heterocycles. The van der Waals surface area contributed by atoms with Crippen LogP contribution in [0.2, 0.25) is 0 Å². The fraction of sp³-hybridized carbons (Fsp3) is 0.0769. The first-order valence-electron chi connectivity index (χ1n) is 5.38. The molecule has 0 amide bonds. The minimum atomic E-state index is 0.449. The number of rotatable bonds is 2. The average Bonchev–Trinajstić information content (AvgIpc) is 2.82. The molecule has 2 aromatic heterocycles. The number of hydrogen-bond acceptors (Lipinski definition) is 4. The zero-order valence-corrected chi connectivity index (χ0v) is 9.13. The van der Waals surface area contributed by atoms with E-state index in [1.54, 1.807) is 6.20 Å². The minimum absolute atomic E-state index is 0.449. The summed E-state index contributed by atoms with van der Waals surface area (Å²) in [6.45, 7) is 0.449. The molecule has 1 aromatic carbocycles. The van der Waals surface area contributed by atoms with Crippen molar-refractivity contribution in [1.82, 2.24) is 9.97 Å². The number of nitrogens with zero attached hydrogens (tertiary/aromatic N) is 2. The van der Waals surface area contributed by atoms with Crippen molar-refractivity contribution in [1.29, 1.82) is 0 Å². The third kappa shape index (κ3) is 1.79. The molecule has 0 spiro atoms. The van der Waals surface area contributed by atoms with Gasteiger partial charge in [-0.05, 0) is 23.8 Å². The lowest BCUT2D eigenvalue weighted by atomic mass is 10.2. The van der Waals surface area contributed by atoms with E-state index >= 15 is 0 Å². The van der Waals surface area contributed by atoms with Gasteiger partial charge in [0.05, 0.1) is 0 Å². The van der Waals surface area contributed by atoms with Crippen LogP contribution in [0.1, 0.15) is 5.56 Å². The van der Waals surface area contributed by atoms with Crippen molar-refractivity contribution in [2.24, 2.45) is 5.73 Å². The van der Waals surface area contributed by atoms with E-state index in [2.05, 4.69) is 9.97 Å². The van der Waals surface area contributed by atoms with Crippen molar-refractivity contribution in [2.75, 3.05) is 0 Å². The van der Waals surface area contributed by atoms with E-state index in [9.17, 15) is 0 Å². The SMILES string of the molecule is NCc1cnc2nc(-c3ccccc3)oc2c1. The van der Waals surface area contributed by atoms with Gasteiger partial charge in [0.1, 0.15) is 0 Å². The van der Waals surface area contributed by atoms with Gasteiger partial charge in [-0.2, -0.15) is 4.98 Å². The van der Waals surface area contributed by atoms with Crippen LogP contribution in [0.25, 0.3) is 22.7 Å². The summed E-state index contributed by atoms with van der Waals surface area (Å²) in [7, 11) is 0. The average molecular weight is 225 g/mol. The van der Waals surface area contributed by atoms with Gasteiger partial charge in [0.25, 0.3) is 0 Å². The highest BCUT2D eigenvalue weighted by atomic mass is 16.3. The molecular formula is C13H11N3O. The summed E-state index contributed by atoms with van der Waals surface area (Å²) in [5, 5.41) is 0. The maximum Gasteiger partial charge on any atom is 0.228 e. The summed E-state index contributed by atoms with van der Waals surface area (Å²) in [5.74, 6) is 0.585. The topological polar surface area (TPSA) is 64.9 Å². The molecule has 84 valence electrons. The van der Waals surface area contributed by atoms with Gasteiger partial charge in [-0.15, -0.1) is 0 Å². The van der Waals surface area contributed by atoms with Crippen molar-refractivity contribution in [2.45, 2.75) is 6.54 Å². The van der Waals surface area contributed by atoms with Gasteiger partial charge in [-0.25, -0.2) is 4.98 Å². The molecule has 0 atom stereocenters. The van der Waals surface area contributed by atoms with Gasteiger partial charge >= 0.3 is 0 Å². The summed E-state index contributed by atoms with van der Waals surface area (Å²) in [5.41, 5.74) is 8.72. The maximum absolute atomic E-state index is 5.67. The smallest absolute Gasteiger partial charge is 0.228 e. The van der Waals surface area contributed by atoms with Gasteiger partial charge in [-0.3, -0.25) is 0 Å². The summed E-state index contributed by atoms with van der Waals surface area (Å²) < 4.78 is 5.67. The van der Waals surface area contributed by atoms with E-state index in [-0.39, 0.29) is 0 Å². The molecule has 0 saturated carbocycles. The Morgan fingerprint density at radius 1 is 1.18 bits per heavy atom. The number of pyridine rings is 1. The molecule has 3 aromatic rings. The molecule has 3 rings (SSSR count). The molecule has 0 aliphatic carbocycles. The standard InChI is InChI=1S/C13H11N3O/c14-7-9-6-11-12(15-8-9)16-13(17-11)10-4-2-1-3-5-10/h1-6,8H,7,14H2.